The zero-order chi connectivity index (χ0) is 23.5. The molecule has 0 spiro atoms. The fourth-order valence-corrected chi connectivity index (χ4v) is 4.18. The summed E-state index contributed by atoms with van der Waals surface area (Å²) in [7, 11) is -3.84. The van der Waals surface area contributed by atoms with Crippen LogP contribution in [0.2, 0.25) is 0 Å². The van der Waals surface area contributed by atoms with Crippen molar-refractivity contribution in [2.75, 3.05) is 12.9 Å². The summed E-state index contributed by atoms with van der Waals surface area (Å²) >= 11 is 0. The van der Waals surface area contributed by atoms with E-state index in [4.69, 9.17) is 10.3 Å². The lowest BCUT2D eigenvalue weighted by molar-refractivity contribution is -0.131. The van der Waals surface area contributed by atoms with Crippen molar-refractivity contribution in [1.82, 2.24) is 10.0 Å². The first kappa shape index (κ1) is 23.7. The molecule has 1 amide bonds. The maximum atomic E-state index is 12.6. The molecule has 32 heavy (non-hydrogen) atoms. The Hall–Kier alpha value is -2.93. The average molecular weight is 459 g/mol. The first-order chi connectivity index (χ1) is 15.1. The van der Waals surface area contributed by atoms with Gasteiger partial charge in [-0.25, -0.2) is 13.9 Å². The fourth-order valence-electron chi connectivity index (χ4n) is 3.34. The number of hydrogen-bond donors (Lipinski definition) is 3. The second-order valence-corrected chi connectivity index (χ2v) is 10.7. The van der Waals surface area contributed by atoms with Gasteiger partial charge in [0.1, 0.15) is 0 Å². The van der Waals surface area contributed by atoms with E-state index < -0.39 is 20.5 Å². The van der Waals surface area contributed by atoms with Crippen LogP contribution in [0, 0.1) is 23.7 Å². The van der Waals surface area contributed by atoms with E-state index in [1.165, 1.54) is 23.0 Å². The van der Waals surface area contributed by atoms with Gasteiger partial charge in [0.15, 0.2) is 14.6 Å². The molecule has 1 aromatic heterocycles. The van der Waals surface area contributed by atoms with Crippen LogP contribution in [0.3, 0.4) is 0 Å². The molecule has 1 aliphatic rings. The number of hydrogen-bond acceptors (Lipinski definition) is 6. The van der Waals surface area contributed by atoms with Gasteiger partial charge in [-0.2, -0.15) is 0 Å². The summed E-state index contributed by atoms with van der Waals surface area (Å²) in [6, 6.07) is 10.7. The highest BCUT2D eigenvalue weighted by atomic mass is 32.2. The standard InChI is InChI=1S/C23H26N2O6S/c1-23(22(28)24-29,32(2,30)31)10-12-25-11-9-19(14-21(25)27)17-6-3-16(4-7-17)5-8-18-13-20(18)15-26/h3-4,6-7,9,11,14,18,20,26,29H,10,12-13,15H2,1-2H3,(H,24,28)/t18?,20-,23?/m1/s1. The second-order valence-electron chi connectivity index (χ2n) is 8.27. The first-order valence-electron chi connectivity index (χ1n) is 10.2. The Morgan fingerprint density at radius 3 is 2.47 bits per heavy atom. The summed E-state index contributed by atoms with van der Waals surface area (Å²) in [4.78, 5) is 24.5. The molecular weight excluding hydrogens is 432 g/mol. The molecule has 0 radical (unpaired) electrons. The number of rotatable bonds is 7. The SMILES string of the molecule is CC(CCn1ccc(-c2ccc(C#CC3C[C@@H]3CO)cc2)cc1=O)(C(=O)NO)S(C)(=O)=O. The van der Waals surface area contributed by atoms with E-state index in [0.717, 1.165) is 23.8 Å². The smallest absolute Gasteiger partial charge is 0.264 e. The molecule has 3 atom stereocenters. The van der Waals surface area contributed by atoms with Crippen molar-refractivity contribution in [3.63, 3.8) is 0 Å². The normalized spacial score (nSPS) is 19.4. The number of nitrogens with one attached hydrogen (secondary N) is 1. The van der Waals surface area contributed by atoms with E-state index in [1.807, 2.05) is 24.3 Å². The number of aromatic nitrogens is 1. The summed E-state index contributed by atoms with van der Waals surface area (Å²) in [6.07, 6.45) is 3.22. The summed E-state index contributed by atoms with van der Waals surface area (Å²) < 4.78 is 23.6. The summed E-state index contributed by atoms with van der Waals surface area (Å²) in [5, 5.41) is 18.0. The van der Waals surface area contributed by atoms with Gasteiger partial charge >= 0.3 is 0 Å². The number of amides is 1. The molecule has 170 valence electrons. The van der Waals surface area contributed by atoms with E-state index in [-0.39, 0.29) is 31.0 Å². The van der Waals surface area contributed by atoms with Gasteiger partial charge in [0.25, 0.3) is 11.5 Å². The molecule has 0 saturated heterocycles. The van der Waals surface area contributed by atoms with Crippen molar-refractivity contribution < 1.29 is 23.5 Å². The second kappa shape index (κ2) is 9.28. The molecular formula is C23H26N2O6S. The monoisotopic (exact) mass is 458 g/mol. The van der Waals surface area contributed by atoms with Crippen molar-refractivity contribution in [2.24, 2.45) is 11.8 Å². The van der Waals surface area contributed by atoms with Gasteiger partial charge < -0.3 is 9.67 Å². The van der Waals surface area contributed by atoms with Crippen LogP contribution in [0.25, 0.3) is 11.1 Å². The molecule has 1 saturated carbocycles. The van der Waals surface area contributed by atoms with E-state index in [0.29, 0.717) is 11.5 Å². The van der Waals surface area contributed by atoms with Gasteiger partial charge in [-0.15, -0.1) is 0 Å². The number of carbonyl (C=O) groups excluding carboxylic acids is 1. The third kappa shape index (κ3) is 5.10. The molecule has 0 aliphatic heterocycles. The molecule has 0 bridgehead atoms. The number of aliphatic hydroxyl groups excluding tert-OH is 1. The zero-order valence-electron chi connectivity index (χ0n) is 17.9. The predicted molar refractivity (Wildman–Crippen MR) is 119 cm³/mol. The minimum Gasteiger partial charge on any atom is -0.396 e. The Kier molecular flexibility index (Phi) is 6.88. The van der Waals surface area contributed by atoms with Crippen molar-refractivity contribution >= 4 is 15.7 Å². The maximum Gasteiger partial charge on any atom is 0.264 e. The Morgan fingerprint density at radius 2 is 1.94 bits per heavy atom. The lowest BCUT2D eigenvalue weighted by Crippen LogP contribution is -2.49. The Morgan fingerprint density at radius 1 is 1.25 bits per heavy atom. The number of benzene rings is 1. The molecule has 1 aliphatic carbocycles. The van der Waals surface area contributed by atoms with E-state index in [2.05, 4.69) is 11.8 Å². The highest BCUT2D eigenvalue weighted by Crippen LogP contribution is 2.37. The van der Waals surface area contributed by atoms with Gasteiger partial charge in [0.2, 0.25) is 0 Å². The Balaban J connectivity index is 1.72. The van der Waals surface area contributed by atoms with Crippen LogP contribution >= 0.6 is 0 Å². The molecule has 3 N–H and O–H groups in total. The number of carbonyl (C=O) groups is 1. The number of aryl methyl sites for hydroxylation is 1. The molecule has 1 heterocycles. The molecule has 1 fully saturated rings. The van der Waals surface area contributed by atoms with E-state index in [1.54, 1.807) is 12.3 Å². The van der Waals surface area contributed by atoms with Crippen LogP contribution in [0.15, 0.2) is 47.4 Å². The minimum absolute atomic E-state index is 0.0133. The number of nitrogens with zero attached hydrogens (tertiary/aromatic N) is 1. The largest absolute Gasteiger partial charge is 0.396 e. The van der Waals surface area contributed by atoms with Gasteiger partial charge in [-0.05, 0) is 55.0 Å². The Bertz CT molecular complexity index is 1220. The van der Waals surface area contributed by atoms with Crippen LogP contribution in [0.1, 0.15) is 25.3 Å². The number of hydroxylamine groups is 1. The van der Waals surface area contributed by atoms with Crippen LogP contribution in [-0.2, 0) is 21.2 Å². The number of sulfone groups is 1. The maximum absolute atomic E-state index is 12.6. The number of aliphatic hydroxyl groups is 1. The van der Waals surface area contributed by atoms with Crippen LogP contribution in [-0.4, -0.2) is 46.8 Å². The fraction of sp³-hybridized carbons (Fsp3) is 0.391. The van der Waals surface area contributed by atoms with Crippen LogP contribution < -0.4 is 11.0 Å². The zero-order valence-corrected chi connectivity index (χ0v) is 18.7. The van der Waals surface area contributed by atoms with Gasteiger partial charge in [0, 0.05) is 43.2 Å². The van der Waals surface area contributed by atoms with Gasteiger partial charge in [-0.3, -0.25) is 14.8 Å². The van der Waals surface area contributed by atoms with Gasteiger partial charge in [0.05, 0.1) is 0 Å². The van der Waals surface area contributed by atoms with Gasteiger partial charge in [-0.1, -0.05) is 24.0 Å². The third-order valence-corrected chi connectivity index (χ3v) is 8.03. The highest BCUT2D eigenvalue weighted by Gasteiger charge is 2.43. The van der Waals surface area contributed by atoms with Crippen molar-refractivity contribution in [3.8, 4) is 23.0 Å². The minimum atomic E-state index is -3.84. The summed E-state index contributed by atoms with van der Waals surface area (Å²) in [5.74, 6) is 5.77. The van der Waals surface area contributed by atoms with Crippen molar-refractivity contribution in [2.45, 2.75) is 31.1 Å². The predicted octanol–water partition coefficient (Wildman–Crippen LogP) is 1.19. The molecule has 2 unspecified atom stereocenters. The molecule has 9 heteroatoms. The first-order valence-corrected chi connectivity index (χ1v) is 12.1. The quantitative estimate of drug-likeness (QED) is 0.325. The van der Waals surface area contributed by atoms with Crippen LogP contribution in [0.5, 0.6) is 0 Å². The molecule has 1 aromatic carbocycles. The van der Waals surface area contributed by atoms with E-state index >= 15 is 0 Å². The molecule has 3 rings (SSSR count). The lowest BCUT2D eigenvalue weighted by atomic mass is 10.0. The number of pyridine rings is 1. The van der Waals surface area contributed by atoms with Crippen molar-refractivity contribution in [3.05, 3.63) is 58.5 Å². The molecule has 8 nitrogen and oxygen atoms in total. The lowest BCUT2D eigenvalue weighted by Gasteiger charge is -2.25. The summed E-state index contributed by atoms with van der Waals surface area (Å²) in [5.41, 5.74) is 3.45. The van der Waals surface area contributed by atoms with Crippen molar-refractivity contribution in [1.29, 1.82) is 0 Å². The summed E-state index contributed by atoms with van der Waals surface area (Å²) in [6.45, 7) is 1.37. The van der Waals surface area contributed by atoms with E-state index in [9.17, 15) is 18.0 Å². The third-order valence-electron chi connectivity index (χ3n) is 6.00. The Labute approximate surface area is 186 Å². The molecule has 2 aromatic rings. The average Bonchev–Trinajstić information content (AvgIpc) is 3.54. The topological polar surface area (TPSA) is 126 Å². The van der Waals surface area contributed by atoms with Crippen LogP contribution in [0.4, 0.5) is 0 Å². The highest BCUT2D eigenvalue weighted by molar-refractivity contribution is 7.92.